The number of aromatic amines is 1. The predicted octanol–water partition coefficient (Wildman–Crippen LogP) is 1.73. The molecule has 0 saturated heterocycles. The third kappa shape index (κ3) is 3.65. The maximum Gasteiger partial charge on any atom is 0.251 e. The first-order chi connectivity index (χ1) is 9.22. The second kappa shape index (κ2) is 6.49. The molecule has 2 rings (SSSR count). The number of nitrogens with two attached hydrogens (primary N) is 1. The van der Waals surface area contributed by atoms with Crippen molar-refractivity contribution < 1.29 is 0 Å². The minimum Gasteiger partial charge on any atom is -0.326 e. The summed E-state index contributed by atoms with van der Waals surface area (Å²) in [5.41, 5.74) is 7.28. The number of pyridine rings is 1. The molecular formula is C13H16N4OS. The van der Waals surface area contributed by atoms with Crippen LogP contribution in [0.15, 0.2) is 39.4 Å². The van der Waals surface area contributed by atoms with Crippen LogP contribution < -0.4 is 11.3 Å². The first-order valence-corrected chi connectivity index (χ1v) is 6.96. The third-order valence-electron chi connectivity index (χ3n) is 2.54. The first-order valence-electron chi connectivity index (χ1n) is 6.15. The molecule has 0 spiro atoms. The van der Waals surface area contributed by atoms with E-state index in [0.29, 0.717) is 11.7 Å². The number of nitrogens with one attached hydrogen (secondary N) is 1. The molecule has 0 radical (unpaired) electrons. The number of nitrogens with zero attached hydrogens (tertiary/aromatic N) is 2. The molecule has 2 aromatic rings. The van der Waals surface area contributed by atoms with Gasteiger partial charge in [-0.2, -0.15) is 0 Å². The molecule has 0 unspecified atom stereocenters. The normalized spacial score (nSPS) is 10.6. The van der Waals surface area contributed by atoms with Crippen molar-refractivity contribution in [1.29, 1.82) is 0 Å². The fourth-order valence-corrected chi connectivity index (χ4v) is 2.57. The van der Waals surface area contributed by atoms with Gasteiger partial charge in [0.25, 0.3) is 5.56 Å². The van der Waals surface area contributed by atoms with Gasteiger partial charge in [-0.3, -0.25) is 4.79 Å². The quantitative estimate of drug-likeness (QED) is 0.812. The van der Waals surface area contributed by atoms with Crippen LogP contribution in [-0.4, -0.2) is 15.0 Å². The Bertz CT molecular complexity index is 612. The highest BCUT2D eigenvalue weighted by Crippen LogP contribution is 2.24. The molecule has 3 N–H and O–H groups in total. The highest BCUT2D eigenvalue weighted by atomic mass is 32.2. The van der Waals surface area contributed by atoms with Crippen LogP contribution >= 0.6 is 11.8 Å². The second-order valence-electron chi connectivity index (χ2n) is 4.07. The van der Waals surface area contributed by atoms with Crippen LogP contribution in [-0.2, 0) is 13.0 Å². The van der Waals surface area contributed by atoms with Gasteiger partial charge < -0.3 is 10.7 Å². The van der Waals surface area contributed by atoms with E-state index >= 15 is 0 Å². The van der Waals surface area contributed by atoms with Gasteiger partial charge in [0.15, 0.2) is 5.16 Å². The van der Waals surface area contributed by atoms with Gasteiger partial charge >= 0.3 is 0 Å². The lowest BCUT2D eigenvalue weighted by molar-refractivity contribution is 0.814. The van der Waals surface area contributed by atoms with Gasteiger partial charge in [-0.25, -0.2) is 9.97 Å². The van der Waals surface area contributed by atoms with Gasteiger partial charge in [0.05, 0.1) is 0 Å². The minimum absolute atomic E-state index is 0.133. The molecule has 0 aliphatic carbocycles. The minimum atomic E-state index is -0.133. The number of rotatable bonds is 5. The number of H-pyrrole nitrogens is 1. The predicted molar refractivity (Wildman–Crippen MR) is 75.1 cm³/mol. The van der Waals surface area contributed by atoms with Crippen LogP contribution in [0.1, 0.15) is 24.6 Å². The zero-order valence-corrected chi connectivity index (χ0v) is 11.5. The average molecular weight is 276 g/mol. The molecule has 0 aliphatic rings. The van der Waals surface area contributed by atoms with Gasteiger partial charge in [-0.05, 0) is 29.8 Å². The van der Waals surface area contributed by atoms with E-state index in [9.17, 15) is 4.79 Å². The summed E-state index contributed by atoms with van der Waals surface area (Å²) in [5, 5.41) is 1.34. The Labute approximate surface area is 115 Å². The van der Waals surface area contributed by atoms with Gasteiger partial charge in [-0.15, -0.1) is 0 Å². The zero-order valence-electron chi connectivity index (χ0n) is 10.7. The molecule has 0 saturated carbocycles. The number of hydrogen-bond acceptors (Lipinski definition) is 5. The lowest BCUT2D eigenvalue weighted by Gasteiger charge is -2.06. The largest absolute Gasteiger partial charge is 0.326 e. The average Bonchev–Trinajstić information content (AvgIpc) is 2.39. The highest BCUT2D eigenvalue weighted by Gasteiger charge is 2.07. The molecule has 2 aromatic heterocycles. The van der Waals surface area contributed by atoms with Crippen molar-refractivity contribution >= 4 is 11.8 Å². The van der Waals surface area contributed by atoms with E-state index in [1.54, 1.807) is 6.20 Å². The summed E-state index contributed by atoms with van der Waals surface area (Å²) in [7, 11) is 0. The van der Waals surface area contributed by atoms with Gasteiger partial charge in [0.2, 0.25) is 0 Å². The standard InChI is InChI=1S/C13H16N4OS/c1-2-4-10-7-11(18)17-13(16-10)19-12-9(8-14)5-3-6-15-12/h3,5-7H,2,4,8,14H2,1H3,(H,16,17,18). The Morgan fingerprint density at radius 3 is 3.05 bits per heavy atom. The Kier molecular flexibility index (Phi) is 4.70. The summed E-state index contributed by atoms with van der Waals surface area (Å²) in [5.74, 6) is 0. The highest BCUT2D eigenvalue weighted by molar-refractivity contribution is 7.99. The van der Waals surface area contributed by atoms with Crippen molar-refractivity contribution in [3.05, 3.63) is 46.0 Å². The van der Waals surface area contributed by atoms with Crippen molar-refractivity contribution in [2.45, 2.75) is 36.5 Å². The lowest BCUT2D eigenvalue weighted by atomic mass is 10.2. The van der Waals surface area contributed by atoms with Crippen LogP contribution in [0.2, 0.25) is 0 Å². The van der Waals surface area contributed by atoms with E-state index in [0.717, 1.165) is 29.1 Å². The molecule has 0 aliphatic heterocycles. The summed E-state index contributed by atoms with van der Waals surface area (Å²) in [4.78, 5) is 23.0. The van der Waals surface area contributed by atoms with E-state index in [1.807, 2.05) is 12.1 Å². The Morgan fingerprint density at radius 1 is 1.47 bits per heavy atom. The molecule has 0 amide bonds. The molecule has 5 nitrogen and oxygen atoms in total. The Morgan fingerprint density at radius 2 is 2.32 bits per heavy atom. The number of aryl methyl sites for hydroxylation is 1. The molecule has 2 heterocycles. The molecule has 100 valence electrons. The molecular weight excluding hydrogens is 260 g/mol. The van der Waals surface area contributed by atoms with Crippen LogP contribution in [0, 0.1) is 0 Å². The summed E-state index contributed by atoms with van der Waals surface area (Å²) in [6, 6.07) is 5.30. The van der Waals surface area contributed by atoms with Crippen molar-refractivity contribution in [3.63, 3.8) is 0 Å². The van der Waals surface area contributed by atoms with Crippen molar-refractivity contribution in [2.24, 2.45) is 5.73 Å². The van der Waals surface area contributed by atoms with Crippen molar-refractivity contribution in [1.82, 2.24) is 15.0 Å². The van der Waals surface area contributed by atoms with Gasteiger partial charge in [-0.1, -0.05) is 19.4 Å². The maximum absolute atomic E-state index is 11.6. The van der Waals surface area contributed by atoms with E-state index < -0.39 is 0 Å². The summed E-state index contributed by atoms with van der Waals surface area (Å²) in [6.45, 7) is 2.47. The fourth-order valence-electron chi connectivity index (χ4n) is 1.68. The van der Waals surface area contributed by atoms with Gasteiger partial charge in [0.1, 0.15) is 5.03 Å². The molecule has 0 atom stereocenters. The SMILES string of the molecule is CCCc1cc(=O)[nH]c(Sc2ncccc2CN)n1. The number of hydrogen-bond donors (Lipinski definition) is 2. The zero-order chi connectivity index (χ0) is 13.7. The van der Waals surface area contributed by atoms with Crippen molar-refractivity contribution in [3.8, 4) is 0 Å². The number of aromatic nitrogens is 3. The summed E-state index contributed by atoms with van der Waals surface area (Å²) < 4.78 is 0. The lowest BCUT2D eigenvalue weighted by Crippen LogP contribution is -2.10. The second-order valence-corrected chi connectivity index (χ2v) is 5.04. The van der Waals surface area contributed by atoms with Gasteiger partial charge in [0, 0.05) is 24.5 Å². The van der Waals surface area contributed by atoms with E-state index in [4.69, 9.17) is 5.73 Å². The molecule has 0 fully saturated rings. The van der Waals surface area contributed by atoms with Crippen molar-refractivity contribution in [2.75, 3.05) is 0 Å². The summed E-state index contributed by atoms with van der Waals surface area (Å²) in [6.07, 6.45) is 3.46. The van der Waals surface area contributed by atoms with Crippen LogP contribution in [0.3, 0.4) is 0 Å². The molecule has 19 heavy (non-hydrogen) atoms. The topological polar surface area (TPSA) is 84.7 Å². The molecule has 0 bridgehead atoms. The van der Waals surface area contributed by atoms with Crippen LogP contribution in [0.5, 0.6) is 0 Å². The fraction of sp³-hybridized carbons (Fsp3) is 0.308. The van der Waals surface area contributed by atoms with Crippen LogP contribution in [0.4, 0.5) is 0 Å². The smallest absolute Gasteiger partial charge is 0.251 e. The van der Waals surface area contributed by atoms with Crippen LogP contribution in [0.25, 0.3) is 0 Å². The van der Waals surface area contributed by atoms with E-state index in [2.05, 4.69) is 21.9 Å². The van der Waals surface area contributed by atoms with E-state index in [-0.39, 0.29) is 5.56 Å². The first kappa shape index (κ1) is 13.8. The van der Waals surface area contributed by atoms with E-state index in [1.165, 1.54) is 17.8 Å². The Hall–Kier alpha value is -1.66. The monoisotopic (exact) mass is 276 g/mol. The Balaban J connectivity index is 2.30. The third-order valence-corrected chi connectivity index (χ3v) is 3.49. The summed E-state index contributed by atoms with van der Waals surface area (Å²) >= 11 is 1.34. The molecule has 0 aromatic carbocycles. The maximum atomic E-state index is 11.6. The molecule has 6 heteroatoms.